The molecule has 0 aromatic rings. The standard InChI is InChI=1S/C9H18N4O/c14-9(12-7-3-1-5-10-12)13-8-4-2-6-11-13/h10-11H,1-8H2. The smallest absolute Gasteiger partial charge is 0.259 e. The van der Waals surface area contributed by atoms with E-state index in [1.54, 1.807) is 10.0 Å². The van der Waals surface area contributed by atoms with Crippen LogP contribution in [0.1, 0.15) is 25.7 Å². The minimum Gasteiger partial charge on any atom is -0.259 e. The Morgan fingerprint density at radius 1 is 0.857 bits per heavy atom. The summed E-state index contributed by atoms with van der Waals surface area (Å²) in [5.41, 5.74) is 6.24. The zero-order chi connectivity index (χ0) is 9.80. The summed E-state index contributed by atoms with van der Waals surface area (Å²) in [6.07, 6.45) is 4.54. The highest BCUT2D eigenvalue weighted by Gasteiger charge is 2.23. The van der Waals surface area contributed by atoms with Gasteiger partial charge >= 0.3 is 6.03 Å². The molecule has 2 aliphatic heterocycles. The Kier molecular flexibility index (Phi) is 3.21. The fourth-order valence-corrected chi connectivity index (χ4v) is 1.85. The number of rotatable bonds is 0. The normalized spacial score (nSPS) is 23.7. The summed E-state index contributed by atoms with van der Waals surface area (Å²) in [5, 5.41) is 3.45. The van der Waals surface area contributed by atoms with Gasteiger partial charge in [0.1, 0.15) is 0 Å². The van der Waals surface area contributed by atoms with Crippen LogP contribution in [0.4, 0.5) is 4.79 Å². The van der Waals surface area contributed by atoms with Crippen molar-refractivity contribution in [3.63, 3.8) is 0 Å². The van der Waals surface area contributed by atoms with Crippen molar-refractivity contribution in [1.29, 1.82) is 0 Å². The second-order valence-electron chi connectivity index (χ2n) is 3.82. The summed E-state index contributed by atoms with van der Waals surface area (Å²) in [7, 11) is 0. The molecule has 0 saturated carbocycles. The number of hydrazine groups is 2. The molecule has 2 aliphatic rings. The van der Waals surface area contributed by atoms with Crippen LogP contribution in [-0.4, -0.2) is 42.2 Å². The van der Waals surface area contributed by atoms with Crippen molar-refractivity contribution < 1.29 is 4.79 Å². The van der Waals surface area contributed by atoms with E-state index in [9.17, 15) is 4.79 Å². The molecule has 5 heteroatoms. The number of carbonyl (C=O) groups is 1. The van der Waals surface area contributed by atoms with Gasteiger partial charge in [-0.15, -0.1) is 0 Å². The van der Waals surface area contributed by atoms with E-state index in [1.807, 2.05) is 0 Å². The molecule has 14 heavy (non-hydrogen) atoms. The van der Waals surface area contributed by atoms with Crippen LogP contribution >= 0.6 is 0 Å². The number of urea groups is 1. The van der Waals surface area contributed by atoms with Crippen molar-refractivity contribution in [1.82, 2.24) is 20.9 Å². The summed E-state index contributed by atoms with van der Waals surface area (Å²) in [5.74, 6) is 0. The molecule has 0 aliphatic carbocycles. The summed E-state index contributed by atoms with van der Waals surface area (Å²) >= 11 is 0. The lowest BCUT2D eigenvalue weighted by Gasteiger charge is -2.35. The topological polar surface area (TPSA) is 47.6 Å². The van der Waals surface area contributed by atoms with E-state index in [0.717, 1.165) is 51.9 Å². The van der Waals surface area contributed by atoms with E-state index >= 15 is 0 Å². The number of hydrogen-bond acceptors (Lipinski definition) is 3. The van der Waals surface area contributed by atoms with Crippen molar-refractivity contribution in [3.05, 3.63) is 0 Å². The molecule has 0 aromatic carbocycles. The molecule has 2 fully saturated rings. The van der Waals surface area contributed by atoms with Crippen LogP contribution in [0.5, 0.6) is 0 Å². The van der Waals surface area contributed by atoms with E-state index in [-0.39, 0.29) is 6.03 Å². The fraction of sp³-hybridized carbons (Fsp3) is 0.889. The van der Waals surface area contributed by atoms with Crippen molar-refractivity contribution >= 4 is 6.03 Å². The highest BCUT2D eigenvalue weighted by Crippen LogP contribution is 2.06. The van der Waals surface area contributed by atoms with Crippen LogP contribution in [0, 0.1) is 0 Å². The van der Waals surface area contributed by atoms with Crippen LogP contribution in [0.3, 0.4) is 0 Å². The third kappa shape index (κ3) is 2.16. The Balaban J connectivity index is 1.85. The third-order valence-corrected chi connectivity index (χ3v) is 2.68. The molecule has 2 amide bonds. The average molecular weight is 198 g/mol. The van der Waals surface area contributed by atoms with Crippen LogP contribution in [-0.2, 0) is 0 Å². The molecule has 0 radical (unpaired) electrons. The van der Waals surface area contributed by atoms with E-state index in [0.29, 0.717) is 0 Å². The SMILES string of the molecule is O=C(N1CCCCN1)N1CCCCN1. The van der Waals surface area contributed by atoms with E-state index < -0.39 is 0 Å². The fourth-order valence-electron chi connectivity index (χ4n) is 1.85. The zero-order valence-corrected chi connectivity index (χ0v) is 8.46. The Morgan fingerprint density at radius 3 is 1.71 bits per heavy atom. The Morgan fingerprint density at radius 2 is 1.36 bits per heavy atom. The molecule has 0 bridgehead atoms. The number of nitrogens with zero attached hydrogens (tertiary/aromatic N) is 2. The number of nitrogens with one attached hydrogen (secondary N) is 2. The molecule has 2 heterocycles. The van der Waals surface area contributed by atoms with Gasteiger partial charge in [0.05, 0.1) is 0 Å². The van der Waals surface area contributed by atoms with E-state index in [2.05, 4.69) is 10.9 Å². The van der Waals surface area contributed by atoms with Gasteiger partial charge in [-0.3, -0.25) is 10.0 Å². The summed E-state index contributed by atoms with van der Waals surface area (Å²) in [6.45, 7) is 3.49. The molecular formula is C9H18N4O. The monoisotopic (exact) mass is 198 g/mol. The molecule has 0 atom stereocenters. The molecule has 2 rings (SSSR count). The molecule has 2 saturated heterocycles. The Bertz CT molecular complexity index is 177. The van der Waals surface area contributed by atoms with E-state index in [1.165, 1.54) is 0 Å². The van der Waals surface area contributed by atoms with Gasteiger partial charge in [-0.2, -0.15) is 0 Å². The molecule has 0 spiro atoms. The van der Waals surface area contributed by atoms with Crippen LogP contribution < -0.4 is 10.9 Å². The lowest BCUT2D eigenvalue weighted by molar-refractivity contribution is 0.0881. The minimum atomic E-state index is 0.0735. The Hall–Kier alpha value is -0.810. The van der Waals surface area contributed by atoms with Gasteiger partial charge in [-0.05, 0) is 25.7 Å². The van der Waals surface area contributed by atoms with Crippen molar-refractivity contribution in [3.8, 4) is 0 Å². The predicted molar refractivity (Wildman–Crippen MR) is 53.3 cm³/mol. The van der Waals surface area contributed by atoms with Gasteiger partial charge in [-0.1, -0.05) is 0 Å². The number of amides is 2. The predicted octanol–water partition coefficient (Wildman–Crippen LogP) is 0.307. The molecular weight excluding hydrogens is 180 g/mol. The summed E-state index contributed by atoms with van der Waals surface area (Å²) < 4.78 is 0. The first-order chi connectivity index (χ1) is 6.88. The maximum absolute atomic E-state index is 11.9. The lowest BCUT2D eigenvalue weighted by atomic mass is 10.2. The molecule has 2 N–H and O–H groups in total. The first-order valence-electron chi connectivity index (χ1n) is 5.44. The molecule has 5 nitrogen and oxygen atoms in total. The average Bonchev–Trinajstić information content (AvgIpc) is 2.30. The van der Waals surface area contributed by atoms with Crippen molar-refractivity contribution in [2.75, 3.05) is 26.2 Å². The van der Waals surface area contributed by atoms with Gasteiger partial charge in [0.2, 0.25) is 0 Å². The van der Waals surface area contributed by atoms with Crippen LogP contribution in [0.25, 0.3) is 0 Å². The van der Waals surface area contributed by atoms with Crippen LogP contribution in [0.2, 0.25) is 0 Å². The summed E-state index contributed by atoms with van der Waals surface area (Å²) in [6, 6.07) is 0.0735. The number of carbonyl (C=O) groups excluding carboxylic acids is 1. The van der Waals surface area contributed by atoms with Gasteiger partial charge in [-0.25, -0.2) is 15.6 Å². The molecule has 0 unspecified atom stereocenters. The summed E-state index contributed by atoms with van der Waals surface area (Å²) in [4.78, 5) is 11.9. The first kappa shape index (κ1) is 9.73. The Labute approximate surface area is 84.4 Å². The molecule has 80 valence electrons. The third-order valence-electron chi connectivity index (χ3n) is 2.68. The lowest BCUT2D eigenvalue weighted by Crippen LogP contribution is -2.57. The largest absolute Gasteiger partial charge is 0.348 e. The maximum atomic E-state index is 11.9. The van der Waals surface area contributed by atoms with E-state index in [4.69, 9.17) is 0 Å². The maximum Gasteiger partial charge on any atom is 0.348 e. The van der Waals surface area contributed by atoms with Gasteiger partial charge in [0, 0.05) is 26.2 Å². The van der Waals surface area contributed by atoms with Crippen LogP contribution in [0.15, 0.2) is 0 Å². The van der Waals surface area contributed by atoms with Gasteiger partial charge in [0.15, 0.2) is 0 Å². The second-order valence-corrected chi connectivity index (χ2v) is 3.82. The van der Waals surface area contributed by atoms with Gasteiger partial charge < -0.3 is 0 Å². The highest BCUT2D eigenvalue weighted by atomic mass is 16.2. The van der Waals surface area contributed by atoms with Crippen molar-refractivity contribution in [2.45, 2.75) is 25.7 Å². The quantitative estimate of drug-likeness (QED) is 0.589. The number of hydrogen-bond donors (Lipinski definition) is 2. The minimum absolute atomic E-state index is 0.0735. The van der Waals surface area contributed by atoms with Crippen molar-refractivity contribution in [2.24, 2.45) is 0 Å². The molecule has 0 aromatic heterocycles. The second kappa shape index (κ2) is 4.61. The van der Waals surface area contributed by atoms with Gasteiger partial charge in [0.25, 0.3) is 0 Å². The highest BCUT2D eigenvalue weighted by molar-refractivity contribution is 5.73. The zero-order valence-electron chi connectivity index (χ0n) is 8.46. The first-order valence-corrected chi connectivity index (χ1v) is 5.44.